The lowest BCUT2D eigenvalue weighted by molar-refractivity contribution is 0.0341. The zero-order valence-electron chi connectivity index (χ0n) is 15.2. The van der Waals surface area contributed by atoms with Crippen molar-refractivity contribution in [1.29, 1.82) is 0 Å². The van der Waals surface area contributed by atoms with E-state index in [1.54, 1.807) is 25.3 Å². The zero-order chi connectivity index (χ0) is 19.2. The second-order valence-corrected chi connectivity index (χ2v) is 7.76. The van der Waals surface area contributed by atoms with E-state index in [0.29, 0.717) is 25.3 Å². The number of anilines is 1. The third-order valence-corrected chi connectivity index (χ3v) is 5.09. The molecule has 1 aliphatic rings. The predicted octanol–water partition coefficient (Wildman–Crippen LogP) is 4.46. The molecule has 0 amide bonds. The normalized spacial score (nSPS) is 15.6. The van der Waals surface area contributed by atoms with Crippen molar-refractivity contribution in [3.8, 4) is 0 Å². The van der Waals surface area contributed by atoms with E-state index in [1.165, 1.54) is 6.07 Å². The molecule has 0 unspecified atom stereocenters. The van der Waals surface area contributed by atoms with Gasteiger partial charge in [-0.2, -0.15) is 0 Å². The molecule has 2 aromatic rings. The highest BCUT2D eigenvalue weighted by atomic mass is 127. The van der Waals surface area contributed by atoms with Gasteiger partial charge in [0.2, 0.25) is 0 Å². The Morgan fingerprint density at radius 1 is 1.26 bits per heavy atom. The highest BCUT2D eigenvalue weighted by Gasteiger charge is 2.16. The van der Waals surface area contributed by atoms with Gasteiger partial charge in [0.15, 0.2) is 5.78 Å². The fourth-order valence-corrected chi connectivity index (χ4v) is 3.45. The first-order valence-electron chi connectivity index (χ1n) is 8.85. The maximum absolute atomic E-state index is 14.3. The van der Waals surface area contributed by atoms with Crippen molar-refractivity contribution in [3.05, 3.63) is 74.8 Å². The summed E-state index contributed by atoms with van der Waals surface area (Å²) in [5, 5.41) is 3.10. The fourth-order valence-electron chi connectivity index (χ4n) is 2.91. The van der Waals surface area contributed by atoms with Crippen molar-refractivity contribution in [2.24, 2.45) is 0 Å². The summed E-state index contributed by atoms with van der Waals surface area (Å²) < 4.78 is 20.7. The first-order valence-corrected chi connectivity index (χ1v) is 9.93. The average Bonchev–Trinajstić information content (AvgIpc) is 2.68. The number of morpholine rings is 1. The van der Waals surface area contributed by atoms with E-state index in [0.717, 1.165) is 27.9 Å². The topological polar surface area (TPSA) is 41.6 Å². The molecule has 1 heterocycles. The predicted molar refractivity (Wildman–Crippen MR) is 113 cm³/mol. The van der Waals surface area contributed by atoms with E-state index in [4.69, 9.17) is 4.74 Å². The van der Waals surface area contributed by atoms with Crippen LogP contribution in [0.3, 0.4) is 0 Å². The lowest BCUT2D eigenvalue weighted by atomic mass is 10.0. The van der Waals surface area contributed by atoms with Crippen molar-refractivity contribution in [3.63, 3.8) is 0 Å². The number of allylic oxidation sites excluding steroid dienone is 1. The largest absolute Gasteiger partial charge is 0.379 e. The number of hydrogen-bond acceptors (Lipinski definition) is 4. The van der Waals surface area contributed by atoms with Gasteiger partial charge in [0.1, 0.15) is 5.82 Å². The molecule has 1 fully saturated rings. The summed E-state index contributed by atoms with van der Waals surface area (Å²) in [4.78, 5) is 15.0. The Morgan fingerprint density at radius 2 is 2.04 bits per heavy atom. The van der Waals surface area contributed by atoms with Gasteiger partial charge in [-0.05, 0) is 65.4 Å². The first-order chi connectivity index (χ1) is 13.0. The number of benzene rings is 2. The minimum absolute atomic E-state index is 0.110. The fraction of sp³-hybridized carbons (Fsp3) is 0.286. The van der Waals surface area contributed by atoms with Crippen LogP contribution in [0.5, 0.6) is 0 Å². The summed E-state index contributed by atoms with van der Waals surface area (Å²) in [5.41, 5.74) is 2.38. The minimum atomic E-state index is -0.493. The van der Waals surface area contributed by atoms with Crippen LogP contribution in [0.2, 0.25) is 0 Å². The summed E-state index contributed by atoms with van der Waals surface area (Å²) in [6.07, 6.45) is 1.63. The summed E-state index contributed by atoms with van der Waals surface area (Å²) in [6, 6.07) is 12.6. The van der Waals surface area contributed by atoms with Gasteiger partial charge in [-0.1, -0.05) is 12.1 Å². The molecule has 1 N–H and O–H groups in total. The third-order valence-electron chi connectivity index (χ3n) is 4.42. The molecule has 2 aromatic carbocycles. The Bertz CT molecular complexity index is 848. The van der Waals surface area contributed by atoms with Crippen LogP contribution >= 0.6 is 22.6 Å². The molecule has 4 nitrogen and oxygen atoms in total. The molecule has 0 atom stereocenters. The monoisotopic (exact) mass is 480 g/mol. The quantitative estimate of drug-likeness (QED) is 0.377. The van der Waals surface area contributed by atoms with Crippen LogP contribution < -0.4 is 5.32 Å². The van der Waals surface area contributed by atoms with Gasteiger partial charge in [-0.3, -0.25) is 9.69 Å². The lowest BCUT2D eigenvalue weighted by Crippen LogP contribution is -2.35. The Hall–Kier alpha value is -1.77. The van der Waals surface area contributed by atoms with E-state index in [1.807, 2.05) is 24.3 Å². The van der Waals surface area contributed by atoms with Gasteiger partial charge < -0.3 is 10.1 Å². The van der Waals surface area contributed by atoms with Crippen LogP contribution in [-0.2, 0) is 11.3 Å². The van der Waals surface area contributed by atoms with Crippen LogP contribution in [0, 0.1) is 9.39 Å². The number of hydrogen-bond donors (Lipinski definition) is 1. The zero-order valence-corrected chi connectivity index (χ0v) is 17.3. The Kier molecular flexibility index (Phi) is 6.98. The van der Waals surface area contributed by atoms with E-state index in [9.17, 15) is 9.18 Å². The highest BCUT2D eigenvalue weighted by molar-refractivity contribution is 14.1. The Balaban J connectivity index is 1.72. The number of carbonyl (C=O) groups is 1. The summed E-state index contributed by atoms with van der Waals surface area (Å²) >= 11 is 2.23. The SMILES string of the molecule is CC(=CNc1cccc(I)c1)C(=O)c1cc(CN2CCOCC2)ccc1F. The number of halogens is 2. The number of ether oxygens (including phenoxy) is 1. The van der Waals surface area contributed by atoms with Gasteiger partial charge in [0, 0.05) is 40.7 Å². The number of nitrogens with one attached hydrogen (secondary N) is 1. The molecular weight excluding hydrogens is 458 g/mol. The standard InChI is InChI=1S/C21H22FIN2O2/c1-15(13-24-18-4-2-3-17(23)12-18)21(26)19-11-16(5-6-20(19)22)14-25-7-9-27-10-8-25/h2-6,11-13,24H,7-10,14H2,1H3. The van der Waals surface area contributed by atoms with Crippen LogP contribution in [-0.4, -0.2) is 37.0 Å². The maximum Gasteiger partial charge on any atom is 0.193 e. The smallest absolute Gasteiger partial charge is 0.193 e. The molecule has 0 spiro atoms. The third kappa shape index (κ3) is 5.60. The average molecular weight is 480 g/mol. The van der Waals surface area contributed by atoms with Crippen molar-refractivity contribution in [2.45, 2.75) is 13.5 Å². The number of Topliss-reactive ketones (excluding diaryl/α,β-unsaturated/α-hetero) is 1. The van der Waals surface area contributed by atoms with Gasteiger partial charge >= 0.3 is 0 Å². The molecule has 0 radical (unpaired) electrons. The van der Waals surface area contributed by atoms with Gasteiger partial charge in [-0.15, -0.1) is 0 Å². The Labute approximate surface area is 172 Å². The van der Waals surface area contributed by atoms with Crippen molar-refractivity contribution >= 4 is 34.1 Å². The molecule has 142 valence electrons. The highest BCUT2D eigenvalue weighted by Crippen LogP contribution is 2.18. The lowest BCUT2D eigenvalue weighted by Gasteiger charge is -2.26. The first kappa shape index (κ1) is 20.0. The van der Waals surface area contributed by atoms with Crippen LogP contribution in [0.25, 0.3) is 0 Å². The van der Waals surface area contributed by atoms with Crippen LogP contribution in [0.1, 0.15) is 22.8 Å². The van der Waals surface area contributed by atoms with E-state index in [2.05, 4.69) is 32.8 Å². The molecule has 27 heavy (non-hydrogen) atoms. The van der Waals surface area contributed by atoms with Gasteiger partial charge in [0.25, 0.3) is 0 Å². The van der Waals surface area contributed by atoms with E-state index >= 15 is 0 Å². The second-order valence-electron chi connectivity index (χ2n) is 6.51. The second kappa shape index (κ2) is 9.43. The molecule has 1 saturated heterocycles. The van der Waals surface area contributed by atoms with Crippen LogP contribution in [0.15, 0.2) is 54.2 Å². The molecule has 1 aliphatic heterocycles. The summed E-state index contributed by atoms with van der Waals surface area (Å²) in [5.74, 6) is -0.804. The molecule has 6 heteroatoms. The van der Waals surface area contributed by atoms with Crippen molar-refractivity contribution in [1.82, 2.24) is 4.90 Å². The number of ketones is 1. The van der Waals surface area contributed by atoms with Gasteiger partial charge in [-0.25, -0.2) is 4.39 Å². The molecule has 0 aliphatic carbocycles. The molecule has 0 bridgehead atoms. The number of nitrogens with zero attached hydrogens (tertiary/aromatic N) is 1. The maximum atomic E-state index is 14.3. The summed E-state index contributed by atoms with van der Waals surface area (Å²) in [7, 11) is 0. The number of rotatable bonds is 6. The van der Waals surface area contributed by atoms with Gasteiger partial charge in [0.05, 0.1) is 18.8 Å². The van der Waals surface area contributed by atoms with E-state index < -0.39 is 5.82 Å². The molecule has 0 aromatic heterocycles. The van der Waals surface area contributed by atoms with E-state index in [-0.39, 0.29) is 11.3 Å². The Morgan fingerprint density at radius 3 is 2.78 bits per heavy atom. The van der Waals surface area contributed by atoms with Crippen molar-refractivity contribution in [2.75, 3.05) is 31.6 Å². The number of carbonyl (C=O) groups excluding carboxylic acids is 1. The molecular formula is C21H22FIN2O2. The van der Waals surface area contributed by atoms with Crippen molar-refractivity contribution < 1.29 is 13.9 Å². The molecule has 0 saturated carbocycles. The van der Waals surface area contributed by atoms with Crippen LogP contribution in [0.4, 0.5) is 10.1 Å². The summed E-state index contributed by atoms with van der Waals surface area (Å²) in [6.45, 7) is 5.49. The molecule has 3 rings (SSSR count). The minimum Gasteiger partial charge on any atom is -0.379 e.